The molecule has 0 aromatic heterocycles. The molecule has 0 radical (unpaired) electrons. The lowest BCUT2D eigenvalue weighted by molar-refractivity contribution is -0.126. The van der Waals surface area contributed by atoms with E-state index in [2.05, 4.69) is 24.0 Å². The molecule has 5 N–H and O–H groups in total. The second-order valence-electron chi connectivity index (χ2n) is 9.31. The number of amides is 3. The molecule has 0 atom stereocenters. The third kappa shape index (κ3) is 13.7. The van der Waals surface area contributed by atoms with Gasteiger partial charge in [0.15, 0.2) is 0 Å². The largest absolute Gasteiger partial charge is 0.493 e. The Labute approximate surface area is 242 Å². The molecular weight excluding hydrogens is 536 g/mol. The van der Waals surface area contributed by atoms with Gasteiger partial charge in [0.05, 0.1) is 31.6 Å². The molecule has 220 valence electrons. The molecule has 0 aliphatic heterocycles. The number of rotatable bonds is 12. The maximum Gasteiger partial charge on any atom is 0.426 e. The average Bonchev–Trinajstić information content (AvgIpc) is 2.89. The van der Waals surface area contributed by atoms with Crippen LogP contribution >= 0.6 is 12.4 Å². The summed E-state index contributed by atoms with van der Waals surface area (Å²) in [7, 11) is 0. The number of nitrogens with one attached hydrogen (secondary N) is 2. The molecule has 11 heteroatoms. The summed E-state index contributed by atoms with van der Waals surface area (Å²) in [6, 6.07) is 14.6. The van der Waals surface area contributed by atoms with E-state index in [1.165, 1.54) is 0 Å². The SMILES string of the molecule is C=CCCOc1ccccc1CC(=O)NN.C=CCCOc1ccccc1CC(=O)NN(C(=O)O)C(C)(C)C.Cl. The maximum absolute atomic E-state index is 12.2. The van der Waals surface area contributed by atoms with Crippen molar-refractivity contribution in [1.82, 2.24) is 15.9 Å². The molecule has 0 saturated heterocycles. The van der Waals surface area contributed by atoms with Crippen molar-refractivity contribution < 1.29 is 29.0 Å². The van der Waals surface area contributed by atoms with Crippen molar-refractivity contribution in [3.8, 4) is 11.5 Å². The van der Waals surface area contributed by atoms with Crippen LogP contribution in [0.25, 0.3) is 0 Å². The monoisotopic (exact) mass is 576 g/mol. The first-order valence-corrected chi connectivity index (χ1v) is 12.5. The van der Waals surface area contributed by atoms with E-state index >= 15 is 0 Å². The van der Waals surface area contributed by atoms with Crippen LogP contribution in [-0.2, 0) is 22.4 Å². The number of carbonyl (C=O) groups is 3. The Hall–Kier alpha value is -4.02. The molecule has 0 heterocycles. The number of benzene rings is 2. The minimum absolute atomic E-state index is 0. The van der Waals surface area contributed by atoms with Crippen molar-refractivity contribution in [3.63, 3.8) is 0 Å². The van der Waals surface area contributed by atoms with Gasteiger partial charge in [-0.2, -0.15) is 0 Å². The Kier molecular flexibility index (Phi) is 17.2. The zero-order valence-electron chi connectivity index (χ0n) is 23.4. The summed E-state index contributed by atoms with van der Waals surface area (Å²) in [5.41, 5.74) is 5.32. The van der Waals surface area contributed by atoms with Crippen molar-refractivity contribution in [1.29, 1.82) is 0 Å². The van der Waals surface area contributed by atoms with E-state index in [1.807, 2.05) is 36.4 Å². The second-order valence-corrected chi connectivity index (χ2v) is 9.31. The van der Waals surface area contributed by atoms with Gasteiger partial charge < -0.3 is 14.6 Å². The van der Waals surface area contributed by atoms with E-state index in [-0.39, 0.29) is 31.2 Å². The highest BCUT2D eigenvalue weighted by Crippen LogP contribution is 2.20. The van der Waals surface area contributed by atoms with Crippen LogP contribution in [-0.4, -0.2) is 46.8 Å². The van der Waals surface area contributed by atoms with E-state index in [4.69, 9.17) is 15.3 Å². The van der Waals surface area contributed by atoms with Crippen LogP contribution in [0.1, 0.15) is 44.7 Å². The fourth-order valence-corrected chi connectivity index (χ4v) is 3.15. The molecule has 2 aromatic carbocycles. The van der Waals surface area contributed by atoms with Crippen LogP contribution in [0.5, 0.6) is 11.5 Å². The molecule has 2 rings (SSSR count). The van der Waals surface area contributed by atoms with Crippen molar-refractivity contribution in [2.45, 2.75) is 52.0 Å². The number of hydrogen-bond acceptors (Lipinski definition) is 6. The molecule has 40 heavy (non-hydrogen) atoms. The van der Waals surface area contributed by atoms with Gasteiger partial charge in [0.1, 0.15) is 11.5 Å². The van der Waals surface area contributed by atoms with Crippen LogP contribution in [0.2, 0.25) is 0 Å². The van der Waals surface area contributed by atoms with E-state index < -0.39 is 17.5 Å². The topological polar surface area (TPSA) is 143 Å². The zero-order chi connectivity index (χ0) is 29.3. The first kappa shape index (κ1) is 36.0. The molecular formula is C29H41ClN4O6. The third-order valence-corrected chi connectivity index (χ3v) is 5.07. The average molecular weight is 577 g/mol. The summed E-state index contributed by atoms with van der Waals surface area (Å²) in [5.74, 6) is 5.72. The lowest BCUT2D eigenvalue weighted by Crippen LogP contribution is -2.55. The van der Waals surface area contributed by atoms with Crippen molar-refractivity contribution in [2.75, 3.05) is 13.2 Å². The normalized spacial score (nSPS) is 10.0. The van der Waals surface area contributed by atoms with Crippen molar-refractivity contribution in [2.24, 2.45) is 5.84 Å². The fraction of sp³-hybridized carbons (Fsp3) is 0.345. The molecule has 0 spiro atoms. The van der Waals surface area contributed by atoms with Gasteiger partial charge in [0.25, 0.3) is 0 Å². The summed E-state index contributed by atoms with van der Waals surface area (Å²) in [4.78, 5) is 34.6. The molecule has 0 aliphatic carbocycles. The lowest BCUT2D eigenvalue weighted by Gasteiger charge is -2.32. The van der Waals surface area contributed by atoms with Crippen molar-refractivity contribution in [3.05, 3.63) is 85.0 Å². The molecule has 0 fully saturated rings. The van der Waals surface area contributed by atoms with Gasteiger partial charge in [-0.25, -0.2) is 15.6 Å². The standard InChI is InChI=1S/C17H24N2O4.C12H16N2O2.ClH/c1-5-6-11-23-14-10-8-7-9-13(14)12-15(20)18-19(16(21)22)17(2,3)4;1-2-3-8-16-11-7-5-4-6-10(11)9-12(15)14-13;/h5,7-10H,1,6,11-12H2,2-4H3,(H,18,20)(H,21,22);2,4-7H,1,3,8-9,13H2,(H,14,15);1H. The van der Waals surface area contributed by atoms with Gasteiger partial charge in [-0.3, -0.25) is 20.4 Å². The number of carboxylic acid groups (broad SMARTS) is 1. The number of nitrogens with two attached hydrogens (primary N) is 1. The second kappa shape index (κ2) is 19.1. The van der Waals surface area contributed by atoms with Gasteiger partial charge >= 0.3 is 6.09 Å². The van der Waals surface area contributed by atoms with Gasteiger partial charge in [-0.15, -0.1) is 25.6 Å². The molecule has 0 bridgehead atoms. The van der Waals surface area contributed by atoms with Crippen LogP contribution in [0.4, 0.5) is 4.79 Å². The predicted octanol–water partition coefficient (Wildman–Crippen LogP) is 4.59. The van der Waals surface area contributed by atoms with Gasteiger partial charge in [0, 0.05) is 11.1 Å². The smallest absolute Gasteiger partial charge is 0.426 e. The number of ether oxygens (including phenoxy) is 2. The molecule has 0 unspecified atom stereocenters. The van der Waals surface area contributed by atoms with Crippen LogP contribution < -0.4 is 26.2 Å². The highest BCUT2D eigenvalue weighted by atomic mass is 35.5. The Morgan fingerprint density at radius 1 is 0.875 bits per heavy atom. The van der Waals surface area contributed by atoms with E-state index in [9.17, 15) is 19.5 Å². The zero-order valence-corrected chi connectivity index (χ0v) is 24.2. The number of carbonyl (C=O) groups excluding carboxylic acids is 2. The quantitative estimate of drug-likeness (QED) is 0.0951. The van der Waals surface area contributed by atoms with Crippen LogP contribution in [0, 0.1) is 0 Å². The molecule has 0 aliphatic rings. The van der Waals surface area contributed by atoms with Gasteiger partial charge in [-0.05, 0) is 45.7 Å². The highest BCUT2D eigenvalue weighted by Gasteiger charge is 2.28. The Bertz CT molecular complexity index is 1100. The van der Waals surface area contributed by atoms with E-state index in [0.717, 1.165) is 17.0 Å². The summed E-state index contributed by atoms with van der Waals surface area (Å²) >= 11 is 0. The number of hydrogen-bond donors (Lipinski definition) is 4. The molecule has 0 saturated carbocycles. The number of halogens is 1. The van der Waals surface area contributed by atoms with Crippen LogP contribution in [0.15, 0.2) is 73.8 Å². The molecule has 2 aromatic rings. The predicted molar refractivity (Wildman–Crippen MR) is 158 cm³/mol. The lowest BCUT2D eigenvalue weighted by atomic mass is 10.1. The summed E-state index contributed by atoms with van der Waals surface area (Å²) in [6.45, 7) is 13.4. The number of nitrogens with zero attached hydrogens (tertiary/aromatic N) is 1. The fourth-order valence-electron chi connectivity index (χ4n) is 3.15. The highest BCUT2D eigenvalue weighted by molar-refractivity contribution is 5.85. The molecule has 3 amide bonds. The molecule has 10 nitrogen and oxygen atoms in total. The Morgan fingerprint density at radius 2 is 1.30 bits per heavy atom. The number of para-hydroxylation sites is 2. The Balaban J connectivity index is 0.000000788. The Morgan fingerprint density at radius 3 is 1.68 bits per heavy atom. The van der Waals surface area contributed by atoms with Crippen molar-refractivity contribution >= 4 is 30.3 Å². The first-order chi connectivity index (χ1) is 18.5. The van der Waals surface area contributed by atoms with E-state index in [1.54, 1.807) is 45.1 Å². The summed E-state index contributed by atoms with van der Waals surface area (Å²) in [5, 5.41) is 10.1. The van der Waals surface area contributed by atoms with Gasteiger partial charge in [-0.1, -0.05) is 48.6 Å². The summed E-state index contributed by atoms with van der Waals surface area (Å²) < 4.78 is 11.1. The third-order valence-electron chi connectivity index (χ3n) is 5.07. The maximum atomic E-state index is 12.2. The number of hydrazine groups is 2. The van der Waals surface area contributed by atoms with E-state index in [0.29, 0.717) is 36.7 Å². The minimum atomic E-state index is -1.21. The van der Waals surface area contributed by atoms with Gasteiger partial charge in [0.2, 0.25) is 11.8 Å². The minimum Gasteiger partial charge on any atom is -0.493 e. The first-order valence-electron chi connectivity index (χ1n) is 12.5. The van der Waals surface area contributed by atoms with Crippen LogP contribution in [0.3, 0.4) is 0 Å². The summed E-state index contributed by atoms with van der Waals surface area (Å²) in [6.07, 6.45) is 4.07.